The molecule has 1 rings (SSSR count). The van der Waals surface area contributed by atoms with E-state index >= 15 is 0 Å². The quantitative estimate of drug-likeness (QED) is 0.676. The molecule has 0 radical (unpaired) electrons. The van der Waals surface area contributed by atoms with Gasteiger partial charge in [-0.15, -0.1) is 0 Å². The average Bonchev–Trinajstić information content (AvgIpc) is 2.04. The smallest absolute Gasteiger partial charge is 0.0625 e. The SMILES string of the molecule is N#CCCc1ccc(Cl)cn1. The molecule has 0 fully saturated rings. The Morgan fingerprint density at radius 2 is 2.36 bits per heavy atom. The van der Waals surface area contributed by atoms with Crippen LogP contribution in [0.4, 0.5) is 0 Å². The van der Waals surface area contributed by atoms with Crippen molar-refractivity contribution in [1.29, 1.82) is 5.26 Å². The molecule has 0 aromatic carbocycles. The lowest BCUT2D eigenvalue weighted by atomic mass is 10.2. The largest absolute Gasteiger partial charge is 0.260 e. The number of rotatable bonds is 2. The van der Waals surface area contributed by atoms with Crippen molar-refractivity contribution in [3.63, 3.8) is 0 Å². The first-order valence-electron chi connectivity index (χ1n) is 3.30. The number of nitrogens with zero attached hydrogens (tertiary/aromatic N) is 2. The summed E-state index contributed by atoms with van der Waals surface area (Å²) in [4.78, 5) is 4.03. The second-order valence-corrected chi connectivity index (χ2v) is 2.56. The molecule has 0 bridgehead atoms. The van der Waals surface area contributed by atoms with E-state index < -0.39 is 0 Å². The fourth-order valence-electron chi connectivity index (χ4n) is 0.738. The molecule has 1 aromatic rings. The van der Waals surface area contributed by atoms with E-state index in [9.17, 15) is 0 Å². The van der Waals surface area contributed by atoms with Gasteiger partial charge in [-0.25, -0.2) is 0 Å². The van der Waals surface area contributed by atoms with Crippen LogP contribution in [0, 0.1) is 11.3 Å². The molecule has 1 heterocycles. The molecule has 0 spiro atoms. The maximum Gasteiger partial charge on any atom is 0.0625 e. The van der Waals surface area contributed by atoms with Gasteiger partial charge in [-0.2, -0.15) is 5.26 Å². The second-order valence-electron chi connectivity index (χ2n) is 2.13. The van der Waals surface area contributed by atoms with E-state index in [-0.39, 0.29) is 0 Å². The third-order valence-electron chi connectivity index (χ3n) is 1.28. The van der Waals surface area contributed by atoms with Crippen LogP contribution in [0.2, 0.25) is 5.02 Å². The Bertz CT molecular complexity index is 260. The predicted molar refractivity (Wildman–Crippen MR) is 43.2 cm³/mol. The summed E-state index contributed by atoms with van der Waals surface area (Å²) < 4.78 is 0. The van der Waals surface area contributed by atoms with Crippen LogP contribution in [0.25, 0.3) is 0 Å². The second kappa shape index (κ2) is 3.95. The first-order chi connectivity index (χ1) is 5.33. The highest BCUT2D eigenvalue weighted by atomic mass is 35.5. The van der Waals surface area contributed by atoms with Crippen molar-refractivity contribution < 1.29 is 0 Å². The Labute approximate surface area is 70.4 Å². The molecule has 0 aliphatic heterocycles. The summed E-state index contributed by atoms with van der Waals surface area (Å²) in [6.07, 6.45) is 2.80. The van der Waals surface area contributed by atoms with Crippen molar-refractivity contribution in [2.75, 3.05) is 0 Å². The van der Waals surface area contributed by atoms with E-state index in [1.165, 1.54) is 0 Å². The minimum atomic E-state index is 0.509. The van der Waals surface area contributed by atoms with Gasteiger partial charge in [0, 0.05) is 24.7 Å². The lowest BCUT2D eigenvalue weighted by Gasteiger charge is -1.94. The zero-order valence-corrected chi connectivity index (χ0v) is 6.67. The van der Waals surface area contributed by atoms with Crippen molar-refractivity contribution in [3.8, 4) is 6.07 Å². The highest BCUT2D eigenvalue weighted by Crippen LogP contribution is 2.06. The van der Waals surface area contributed by atoms with Crippen LogP contribution in [0.1, 0.15) is 12.1 Å². The highest BCUT2D eigenvalue weighted by molar-refractivity contribution is 6.30. The predicted octanol–water partition coefficient (Wildman–Crippen LogP) is 2.19. The number of nitriles is 1. The van der Waals surface area contributed by atoms with Crippen LogP contribution in [0.5, 0.6) is 0 Å². The van der Waals surface area contributed by atoms with Crippen molar-refractivity contribution in [2.45, 2.75) is 12.8 Å². The van der Waals surface area contributed by atoms with E-state index in [4.69, 9.17) is 16.9 Å². The van der Waals surface area contributed by atoms with Crippen LogP contribution in [0.3, 0.4) is 0 Å². The zero-order valence-electron chi connectivity index (χ0n) is 5.92. The van der Waals surface area contributed by atoms with E-state index in [0.717, 1.165) is 5.69 Å². The van der Waals surface area contributed by atoms with E-state index in [1.807, 2.05) is 6.07 Å². The van der Waals surface area contributed by atoms with Gasteiger partial charge in [0.05, 0.1) is 11.1 Å². The molecule has 56 valence electrons. The lowest BCUT2D eigenvalue weighted by molar-refractivity contribution is 0.952. The van der Waals surface area contributed by atoms with Gasteiger partial charge in [0.15, 0.2) is 0 Å². The van der Waals surface area contributed by atoms with Crippen molar-refractivity contribution in [3.05, 3.63) is 29.0 Å². The number of aryl methyl sites for hydroxylation is 1. The molecule has 0 aliphatic carbocycles. The summed E-state index contributed by atoms with van der Waals surface area (Å²) in [6.45, 7) is 0. The maximum absolute atomic E-state index is 8.28. The van der Waals surface area contributed by atoms with Crippen LogP contribution in [-0.2, 0) is 6.42 Å². The molecule has 11 heavy (non-hydrogen) atoms. The van der Waals surface area contributed by atoms with Crippen molar-refractivity contribution in [1.82, 2.24) is 4.98 Å². The molecule has 2 nitrogen and oxygen atoms in total. The van der Waals surface area contributed by atoms with Crippen LogP contribution in [-0.4, -0.2) is 4.98 Å². The Balaban J connectivity index is 2.60. The number of hydrogen-bond donors (Lipinski definition) is 0. The monoisotopic (exact) mass is 166 g/mol. The molecule has 0 atom stereocenters. The van der Waals surface area contributed by atoms with Gasteiger partial charge in [0.25, 0.3) is 0 Å². The molecule has 1 aromatic heterocycles. The number of hydrogen-bond acceptors (Lipinski definition) is 2. The Morgan fingerprint density at radius 1 is 1.55 bits per heavy atom. The maximum atomic E-state index is 8.28. The summed E-state index contributed by atoms with van der Waals surface area (Å²) in [5, 5.41) is 8.91. The molecule has 0 aliphatic rings. The van der Waals surface area contributed by atoms with E-state index in [1.54, 1.807) is 12.3 Å². The highest BCUT2D eigenvalue weighted by Gasteiger charge is 1.92. The first-order valence-corrected chi connectivity index (χ1v) is 3.68. The Morgan fingerprint density at radius 3 is 2.91 bits per heavy atom. The third-order valence-corrected chi connectivity index (χ3v) is 1.51. The molecular weight excluding hydrogens is 160 g/mol. The van der Waals surface area contributed by atoms with Crippen molar-refractivity contribution in [2.24, 2.45) is 0 Å². The molecule has 0 amide bonds. The summed E-state index contributed by atoms with van der Waals surface area (Å²) in [7, 11) is 0. The Kier molecular flexibility index (Phi) is 2.88. The van der Waals surface area contributed by atoms with Gasteiger partial charge in [-0.3, -0.25) is 4.98 Å². The van der Waals surface area contributed by atoms with Gasteiger partial charge in [-0.05, 0) is 12.1 Å². The van der Waals surface area contributed by atoms with Crippen LogP contribution in [0.15, 0.2) is 18.3 Å². The number of aromatic nitrogens is 1. The molecule has 0 N–H and O–H groups in total. The third kappa shape index (κ3) is 2.57. The number of halogens is 1. The average molecular weight is 167 g/mol. The van der Waals surface area contributed by atoms with Gasteiger partial charge in [-0.1, -0.05) is 11.6 Å². The summed E-state index contributed by atoms with van der Waals surface area (Å²) in [5.41, 5.74) is 0.913. The van der Waals surface area contributed by atoms with E-state index in [0.29, 0.717) is 17.9 Å². The fourth-order valence-corrected chi connectivity index (χ4v) is 0.850. The minimum Gasteiger partial charge on any atom is -0.260 e. The summed E-state index contributed by atoms with van der Waals surface area (Å²) >= 11 is 5.62. The molecule has 0 saturated carbocycles. The molecule has 0 saturated heterocycles. The molecule has 0 unspecified atom stereocenters. The zero-order chi connectivity index (χ0) is 8.10. The Hall–Kier alpha value is -1.07. The van der Waals surface area contributed by atoms with Crippen LogP contribution < -0.4 is 0 Å². The lowest BCUT2D eigenvalue weighted by Crippen LogP contribution is -1.87. The fraction of sp³-hybridized carbons (Fsp3) is 0.250. The molecular formula is C8H7ClN2. The van der Waals surface area contributed by atoms with Gasteiger partial charge >= 0.3 is 0 Å². The number of pyridine rings is 1. The van der Waals surface area contributed by atoms with E-state index in [2.05, 4.69) is 11.1 Å². The topological polar surface area (TPSA) is 36.7 Å². The normalized spacial score (nSPS) is 9.09. The van der Waals surface area contributed by atoms with Gasteiger partial charge in [0.2, 0.25) is 0 Å². The molecule has 3 heteroatoms. The standard InChI is InChI=1S/C8H7ClN2/c9-7-3-4-8(11-6-7)2-1-5-10/h3-4,6H,1-2H2. The van der Waals surface area contributed by atoms with Crippen molar-refractivity contribution >= 4 is 11.6 Å². The minimum absolute atomic E-state index is 0.509. The summed E-state index contributed by atoms with van der Waals surface area (Å²) in [6, 6.07) is 5.67. The van der Waals surface area contributed by atoms with Gasteiger partial charge < -0.3 is 0 Å². The van der Waals surface area contributed by atoms with Crippen LogP contribution >= 0.6 is 11.6 Å². The first kappa shape index (κ1) is 8.03. The summed E-state index contributed by atoms with van der Waals surface area (Å²) in [5.74, 6) is 0. The van der Waals surface area contributed by atoms with Gasteiger partial charge in [0.1, 0.15) is 0 Å².